The summed E-state index contributed by atoms with van der Waals surface area (Å²) in [6, 6.07) is 18.2. The van der Waals surface area contributed by atoms with Crippen molar-refractivity contribution in [1.29, 1.82) is 0 Å². The number of halogens is 3. The molecule has 162 valence electrons. The molecule has 1 aliphatic heterocycles. The minimum atomic E-state index is -0.396. The van der Waals surface area contributed by atoms with Crippen LogP contribution in [0.4, 0.5) is 9.18 Å². The predicted molar refractivity (Wildman–Crippen MR) is 125 cm³/mol. The molecular weight excluding hydrogens is 472 g/mol. The Morgan fingerprint density at radius 2 is 1.59 bits per heavy atom. The van der Waals surface area contributed by atoms with Crippen molar-refractivity contribution in [2.45, 2.75) is 13.2 Å². The Morgan fingerprint density at radius 1 is 0.938 bits per heavy atom. The fourth-order valence-corrected chi connectivity index (χ4v) is 4.39. The van der Waals surface area contributed by atoms with E-state index in [0.29, 0.717) is 32.9 Å². The maximum absolute atomic E-state index is 13.0. The van der Waals surface area contributed by atoms with Gasteiger partial charge in [-0.15, -0.1) is 0 Å². The van der Waals surface area contributed by atoms with E-state index >= 15 is 0 Å². The lowest BCUT2D eigenvalue weighted by atomic mass is 10.2. The van der Waals surface area contributed by atoms with Crippen molar-refractivity contribution < 1.29 is 18.7 Å². The van der Waals surface area contributed by atoms with Crippen molar-refractivity contribution in [2.75, 3.05) is 0 Å². The van der Waals surface area contributed by atoms with Crippen LogP contribution in [-0.2, 0) is 17.9 Å². The number of rotatable bonds is 6. The summed E-state index contributed by atoms with van der Waals surface area (Å²) < 4.78 is 18.7. The normalized spacial score (nSPS) is 15.0. The zero-order valence-corrected chi connectivity index (χ0v) is 18.9. The van der Waals surface area contributed by atoms with Crippen molar-refractivity contribution >= 4 is 52.2 Å². The summed E-state index contributed by atoms with van der Waals surface area (Å²) in [5, 5.41) is 0.421. The molecule has 0 aliphatic carbocycles. The lowest BCUT2D eigenvalue weighted by molar-refractivity contribution is -0.123. The van der Waals surface area contributed by atoms with Gasteiger partial charge in [0.1, 0.15) is 18.2 Å². The molecule has 4 rings (SSSR count). The van der Waals surface area contributed by atoms with Crippen LogP contribution in [-0.4, -0.2) is 16.0 Å². The highest BCUT2D eigenvalue weighted by atomic mass is 35.5. The van der Waals surface area contributed by atoms with E-state index in [-0.39, 0.29) is 17.6 Å². The van der Waals surface area contributed by atoms with Crippen LogP contribution in [0.15, 0.2) is 71.6 Å². The van der Waals surface area contributed by atoms with Gasteiger partial charge in [0, 0.05) is 15.6 Å². The lowest BCUT2D eigenvalue weighted by Crippen LogP contribution is -2.27. The Morgan fingerprint density at radius 3 is 2.25 bits per heavy atom. The Kier molecular flexibility index (Phi) is 6.84. The third-order valence-electron chi connectivity index (χ3n) is 4.75. The Labute approximate surface area is 198 Å². The predicted octanol–water partition coefficient (Wildman–Crippen LogP) is 6.95. The highest BCUT2D eigenvalue weighted by molar-refractivity contribution is 8.18. The zero-order valence-electron chi connectivity index (χ0n) is 16.6. The first-order valence-corrected chi connectivity index (χ1v) is 11.1. The Balaban J connectivity index is 1.42. The molecule has 1 aliphatic rings. The van der Waals surface area contributed by atoms with Crippen molar-refractivity contribution in [3.63, 3.8) is 0 Å². The van der Waals surface area contributed by atoms with Gasteiger partial charge in [-0.05, 0) is 65.4 Å². The lowest BCUT2D eigenvalue weighted by Gasteiger charge is -2.14. The molecule has 2 amide bonds. The second-order valence-electron chi connectivity index (χ2n) is 6.95. The number of amides is 2. The van der Waals surface area contributed by atoms with Gasteiger partial charge in [0.2, 0.25) is 0 Å². The average molecular weight is 488 g/mol. The van der Waals surface area contributed by atoms with E-state index in [1.807, 2.05) is 0 Å². The van der Waals surface area contributed by atoms with E-state index in [1.165, 1.54) is 12.1 Å². The first kappa shape index (κ1) is 22.4. The van der Waals surface area contributed by atoms with Crippen LogP contribution < -0.4 is 4.74 Å². The van der Waals surface area contributed by atoms with Gasteiger partial charge < -0.3 is 4.74 Å². The SMILES string of the molecule is O=C1S/C(=C\c2ccc(OCc3ccc(F)cc3)cc2)C(=O)N1Cc1c(Cl)cccc1Cl. The minimum Gasteiger partial charge on any atom is -0.489 e. The smallest absolute Gasteiger partial charge is 0.293 e. The zero-order chi connectivity index (χ0) is 22.7. The second-order valence-corrected chi connectivity index (χ2v) is 8.76. The van der Waals surface area contributed by atoms with Gasteiger partial charge in [0.25, 0.3) is 11.1 Å². The molecule has 1 fully saturated rings. The molecule has 3 aromatic rings. The summed E-state index contributed by atoms with van der Waals surface area (Å²) in [4.78, 5) is 26.6. The highest BCUT2D eigenvalue weighted by Crippen LogP contribution is 2.35. The molecule has 0 radical (unpaired) electrons. The largest absolute Gasteiger partial charge is 0.489 e. The number of nitrogens with zero attached hydrogens (tertiary/aromatic N) is 1. The van der Waals surface area contributed by atoms with Crippen LogP contribution in [0.1, 0.15) is 16.7 Å². The van der Waals surface area contributed by atoms with E-state index in [4.69, 9.17) is 27.9 Å². The molecule has 0 aromatic heterocycles. The molecule has 0 spiro atoms. The molecular formula is C24H16Cl2FNO3S. The van der Waals surface area contributed by atoms with Crippen molar-refractivity contribution in [3.8, 4) is 5.75 Å². The average Bonchev–Trinajstić information content (AvgIpc) is 3.04. The van der Waals surface area contributed by atoms with Crippen LogP contribution >= 0.6 is 35.0 Å². The summed E-state index contributed by atoms with van der Waals surface area (Å²) in [6.07, 6.45) is 1.66. The molecule has 8 heteroatoms. The van der Waals surface area contributed by atoms with Gasteiger partial charge in [-0.2, -0.15) is 0 Å². The number of hydrogen-bond acceptors (Lipinski definition) is 4. The first-order chi connectivity index (χ1) is 15.4. The van der Waals surface area contributed by atoms with Gasteiger partial charge in [0.05, 0.1) is 11.4 Å². The second kappa shape index (κ2) is 9.77. The molecule has 1 heterocycles. The van der Waals surface area contributed by atoms with E-state index in [2.05, 4.69) is 0 Å². The number of benzene rings is 3. The number of ether oxygens (including phenoxy) is 1. The molecule has 32 heavy (non-hydrogen) atoms. The number of imide groups is 1. The van der Waals surface area contributed by atoms with Gasteiger partial charge in [-0.3, -0.25) is 14.5 Å². The summed E-state index contributed by atoms with van der Waals surface area (Å²) in [5.41, 5.74) is 2.13. The summed E-state index contributed by atoms with van der Waals surface area (Å²) in [5.74, 6) is -0.0574. The van der Waals surface area contributed by atoms with Crippen LogP contribution in [0.3, 0.4) is 0 Å². The summed E-state index contributed by atoms with van der Waals surface area (Å²) >= 11 is 13.2. The first-order valence-electron chi connectivity index (χ1n) is 9.56. The Bertz CT molecular complexity index is 1180. The van der Waals surface area contributed by atoms with Crippen molar-refractivity contribution in [1.82, 2.24) is 4.90 Å². The van der Waals surface area contributed by atoms with Gasteiger partial charge in [-0.25, -0.2) is 4.39 Å². The molecule has 0 saturated carbocycles. The van der Waals surface area contributed by atoms with E-state index in [0.717, 1.165) is 27.8 Å². The van der Waals surface area contributed by atoms with E-state index in [1.54, 1.807) is 60.7 Å². The molecule has 0 N–H and O–H groups in total. The minimum absolute atomic E-state index is 0.0106. The molecule has 1 saturated heterocycles. The number of carbonyl (C=O) groups excluding carboxylic acids is 2. The van der Waals surface area contributed by atoms with Crippen molar-refractivity contribution in [2.24, 2.45) is 0 Å². The summed E-state index contributed by atoms with van der Waals surface area (Å²) in [7, 11) is 0. The fourth-order valence-electron chi connectivity index (χ4n) is 3.04. The highest BCUT2D eigenvalue weighted by Gasteiger charge is 2.35. The topological polar surface area (TPSA) is 46.6 Å². The molecule has 0 unspecified atom stereocenters. The van der Waals surface area contributed by atoms with Gasteiger partial charge >= 0.3 is 0 Å². The number of carbonyl (C=O) groups is 2. The summed E-state index contributed by atoms with van der Waals surface area (Å²) in [6.45, 7) is 0.319. The third kappa shape index (κ3) is 5.15. The van der Waals surface area contributed by atoms with Crippen LogP contribution in [0.5, 0.6) is 5.75 Å². The number of thioether (sulfide) groups is 1. The fraction of sp³-hybridized carbons (Fsp3) is 0.0833. The molecule has 4 nitrogen and oxygen atoms in total. The van der Waals surface area contributed by atoms with Crippen molar-refractivity contribution in [3.05, 3.63) is 104 Å². The number of hydrogen-bond donors (Lipinski definition) is 0. The third-order valence-corrected chi connectivity index (χ3v) is 6.36. The molecule has 0 bridgehead atoms. The van der Waals surface area contributed by atoms with E-state index in [9.17, 15) is 14.0 Å². The van der Waals surface area contributed by atoms with Gasteiger partial charge in [-0.1, -0.05) is 53.5 Å². The van der Waals surface area contributed by atoms with Crippen LogP contribution in [0.2, 0.25) is 10.0 Å². The van der Waals surface area contributed by atoms with E-state index < -0.39 is 5.91 Å². The quantitative estimate of drug-likeness (QED) is 0.353. The molecule has 0 atom stereocenters. The standard InChI is InChI=1S/C24H16Cl2FNO3S/c25-20-2-1-3-21(26)19(20)13-28-23(29)22(32-24(28)30)12-15-6-10-18(11-7-15)31-14-16-4-8-17(27)9-5-16/h1-12H,13-14H2/b22-12-. The van der Waals surface area contributed by atoms with Gasteiger partial charge in [0.15, 0.2) is 0 Å². The molecule has 3 aromatic carbocycles. The monoisotopic (exact) mass is 487 g/mol. The maximum Gasteiger partial charge on any atom is 0.293 e. The van der Waals surface area contributed by atoms with Crippen LogP contribution in [0.25, 0.3) is 6.08 Å². The maximum atomic E-state index is 13.0. The van der Waals surface area contributed by atoms with Crippen LogP contribution in [0, 0.1) is 5.82 Å². The Hall–Kier alpha value is -2.80.